The Morgan fingerprint density at radius 2 is 1.90 bits per heavy atom. The maximum Gasteiger partial charge on any atom is 0.338 e. The zero-order chi connectivity index (χ0) is 30.0. The van der Waals surface area contributed by atoms with Gasteiger partial charge in [-0.15, -0.1) is 0 Å². The minimum Gasteiger partial charge on any atom is -0.493 e. The number of allylic oxidation sites excluding steroid dienone is 1. The highest BCUT2D eigenvalue weighted by molar-refractivity contribution is 7.07. The van der Waals surface area contributed by atoms with Crippen molar-refractivity contribution >= 4 is 35.0 Å². The second-order valence-corrected chi connectivity index (χ2v) is 11.1. The van der Waals surface area contributed by atoms with Crippen molar-refractivity contribution < 1.29 is 23.4 Å². The molecule has 0 fully saturated rings. The minimum atomic E-state index is -0.695. The second-order valence-electron chi connectivity index (χ2n) is 9.67. The summed E-state index contributed by atoms with van der Waals surface area (Å²) in [4.78, 5) is 32.0. The van der Waals surface area contributed by atoms with Crippen molar-refractivity contribution in [2.45, 2.75) is 33.4 Å². The van der Waals surface area contributed by atoms with E-state index in [0.29, 0.717) is 43.2 Å². The van der Waals surface area contributed by atoms with Gasteiger partial charge in [-0.3, -0.25) is 9.36 Å². The van der Waals surface area contributed by atoms with Gasteiger partial charge >= 0.3 is 5.97 Å². The number of benzene rings is 3. The highest BCUT2D eigenvalue weighted by Crippen LogP contribution is 2.37. The van der Waals surface area contributed by atoms with Crippen LogP contribution in [0, 0.1) is 12.7 Å². The highest BCUT2D eigenvalue weighted by Gasteiger charge is 2.33. The molecule has 0 radical (unpaired) electrons. The summed E-state index contributed by atoms with van der Waals surface area (Å²) >= 11 is 7.79. The minimum absolute atomic E-state index is 0.0902. The van der Waals surface area contributed by atoms with E-state index in [9.17, 15) is 14.0 Å². The molecule has 216 valence electrons. The number of nitrogens with zero attached hydrogens (tertiary/aromatic N) is 2. The van der Waals surface area contributed by atoms with E-state index in [1.807, 2.05) is 31.2 Å². The summed E-state index contributed by atoms with van der Waals surface area (Å²) in [5.74, 6) is -0.212. The average Bonchev–Trinajstić information content (AvgIpc) is 3.26. The number of rotatable bonds is 8. The highest BCUT2D eigenvalue weighted by atomic mass is 35.5. The predicted molar refractivity (Wildman–Crippen MR) is 160 cm³/mol. The van der Waals surface area contributed by atoms with E-state index in [1.54, 1.807) is 44.2 Å². The third kappa shape index (κ3) is 5.89. The van der Waals surface area contributed by atoms with E-state index in [-0.39, 0.29) is 29.6 Å². The number of aryl methyl sites for hydroxylation is 1. The van der Waals surface area contributed by atoms with Gasteiger partial charge in [0.15, 0.2) is 16.3 Å². The lowest BCUT2D eigenvalue weighted by Gasteiger charge is -2.24. The van der Waals surface area contributed by atoms with Crippen LogP contribution in [0.2, 0.25) is 5.02 Å². The summed E-state index contributed by atoms with van der Waals surface area (Å²) < 4.78 is 32.3. The molecule has 0 N–H and O–H groups in total. The first-order valence-corrected chi connectivity index (χ1v) is 14.4. The molecule has 7 nitrogen and oxygen atoms in total. The number of fused-ring (bicyclic) bond motifs is 1. The number of methoxy groups -OCH3 is 1. The van der Waals surface area contributed by atoms with Crippen molar-refractivity contribution in [3.63, 3.8) is 0 Å². The standard InChI is InChI=1S/C32H28ClFN2O5S/c1-5-40-31(38)27-19(3)35-32-36(28(27)22-11-9-18(2)10-12-22)30(37)26(42-32)16-21-14-24(33)29(25(15-21)39-4)41-17-20-7-6-8-23(34)13-20/h6-16,28H,5,17H2,1-4H3/b26-16+/t28-/m0/s1. The summed E-state index contributed by atoms with van der Waals surface area (Å²) in [5.41, 5.74) is 3.59. The smallest absolute Gasteiger partial charge is 0.338 e. The topological polar surface area (TPSA) is 79.1 Å². The van der Waals surface area contributed by atoms with Crippen molar-refractivity contribution in [2.24, 2.45) is 4.99 Å². The summed E-state index contributed by atoms with van der Waals surface area (Å²) in [5, 5.41) is 0.266. The Balaban J connectivity index is 1.57. The van der Waals surface area contributed by atoms with Gasteiger partial charge in [-0.1, -0.05) is 64.9 Å². The summed E-state index contributed by atoms with van der Waals surface area (Å²) in [6.45, 7) is 5.75. The van der Waals surface area contributed by atoms with Gasteiger partial charge in [-0.25, -0.2) is 14.2 Å². The van der Waals surface area contributed by atoms with E-state index >= 15 is 0 Å². The van der Waals surface area contributed by atoms with Crippen LogP contribution >= 0.6 is 22.9 Å². The molecule has 0 amide bonds. The third-order valence-corrected chi connectivity index (χ3v) is 8.00. The molecule has 0 unspecified atom stereocenters. The monoisotopic (exact) mass is 606 g/mol. The van der Waals surface area contributed by atoms with Crippen LogP contribution in [0.15, 0.2) is 81.7 Å². The van der Waals surface area contributed by atoms with E-state index in [2.05, 4.69) is 4.99 Å². The zero-order valence-electron chi connectivity index (χ0n) is 23.4. The van der Waals surface area contributed by atoms with Gasteiger partial charge in [-0.2, -0.15) is 0 Å². The Kier molecular flexibility index (Phi) is 8.61. The first kappa shape index (κ1) is 29.3. The van der Waals surface area contributed by atoms with Gasteiger partial charge in [0, 0.05) is 0 Å². The van der Waals surface area contributed by atoms with Gasteiger partial charge < -0.3 is 14.2 Å². The Labute approximate surface area is 250 Å². The van der Waals surface area contributed by atoms with Crippen molar-refractivity contribution in [1.82, 2.24) is 4.57 Å². The molecule has 3 aromatic carbocycles. The molecular formula is C32H28ClFN2O5S. The molecule has 0 spiro atoms. The van der Waals surface area contributed by atoms with Crippen molar-refractivity contribution in [1.29, 1.82) is 0 Å². The molecule has 0 saturated heterocycles. The van der Waals surface area contributed by atoms with Crippen molar-refractivity contribution in [2.75, 3.05) is 13.7 Å². The normalized spacial score (nSPS) is 14.8. The van der Waals surface area contributed by atoms with Gasteiger partial charge in [0.25, 0.3) is 5.56 Å². The van der Waals surface area contributed by atoms with Crippen molar-refractivity contribution in [3.8, 4) is 11.5 Å². The average molecular weight is 607 g/mol. The zero-order valence-corrected chi connectivity index (χ0v) is 25.0. The Bertz CT molecular complexity index is 1880. The first-order chi connectivity index (χ1) is 20.2. The number of halogens is 2. The molecule has 42 heavy (non-hydrogen) atoms. The molecule has 0 saturated carbocycles. The lowest BCUT2D eigenvalue weighted by atomic mass is 9.95. The van der Waals surface area contributed by atoms with Crippen LogP contribution in [-0.4, -0.2) is 24.3 Å². The van der Waals surface area contributed by atoms with E-state index in [1.165, 1.54) is 35.1 Å². The number of carbonyl (C=O) groups is 1. The maximum atomic E-state index is 13.9. The number of aromatic nitrogens is 1. The first-order valence-electron chi connectivity index (χ1n) is 13.2. The van der Waals surface area contributed by atoms with E-state index < -0.39 is 12.0 Å². The Hall–Kier alpha value is -4.21. The van der Waals surface area contributed by atoms with Crippen LogP contribution in [0.4, 0.5) is 4.39 Å². The molecule has 4 aromatic rings. The fourth-order valence-electron chi connectivity index (χ4n) is 4.75. The third-order valence-electron chi connectivity index (χ3n) is 6.73. The lowest BCUT2D eigenvalue weighted by molar-refractivity contribution is -0.139. The number of hydrogen-bond donors (Lipinski definition) is 0. The largest absolute Gasteiger partial charge is 0.493 e. The van der Waals surface area contributed by atoms with Crippen LogP contribution in [0.25, 0.3) is 6.08 Å². The summed E-state index contributed by atoms with van der Waals surface area (Å²) in [7, 11) is 1.49. The fourth-order valence-corrected chi connectivity index (χ4v) is 6.07. The van der Waals surface area contributed by atoms with Crippen LogP contribution < -0.4 is 24.4 Å². The molecular weight excluding hydrogens is 579 g/mol. The number of esters is 1. The van der Waals surface area contributed by atoms with Gasteiger partial charge in [0.05, 0.1) is 40.6 Å². The summed E-state index contributed by atoms with van der Waals surface area (Å²) in [6, 6.07) is 16.5. The van der Waals surface area contributed by atoms with Crippen LogP contribution in [0.5, 0.6) is 11.5 Å². The van der Waals surface area contributed by atoms with Crippen LogP contribution in [0.3, 0.4) is 0 Å². The van der Waals surface area contributed by atoms with Gasteiger partial charge in [0.2, 0.25) is 0 Å². The van der Waals surface area contributed by atoms with Crippen LogP contribution in [-0.2, 0) is 16.1 Å². The summed E-state index contributed by atoms with van der Waals surface area (Å²) in [6.07, 6.45) is 1.70. The molecule has 0 aliphatic carbocycles. The predicted octanol–water partition coefficient (Wildman–Crippen LogP) is 5.49. The second kappa shape index (κ2) is 12.3. The molecule has 1 aromatic heterocycles. The van der Waals surface area contributed by atoms with Crippen LogP contribution in [0.1, 0.15) is 42.1 Å². The maximum absolute atomic E-state index is 13.9. The van der Waals surface area contributed by atoms with Gasteiger partial charge in [0.1, 0.15) is 12.4 Å². The van der Waals surface area contributed by atoms with E-state index in [0.717, 1.165) is 11.1 Å². The Morgan fingerprint density at radius 3 is 2.60 bits per heavy atom. The lowest BCUT2D eigenvalue weighted by Crippen LogP contribution is -2.39. The SMILES string of the molecule is CCOC(=O)C1=C(C)N=c2s/c(=C/c3cc(Cl)c(OCc4cccc(F)c4)c(OC)c3)c(=O)n2[C@H]1c1ccc(C)cc1. The number of thiazole rings is 1. The van der Waals surface area contributed by atoms with Crippen molar-refractivity contribution in [3.05, 3.63) is 125 Å². The van der Waals surface area contributed by atoms with Gasteiger partial charge in [-0.05, 0) is 67.8 Å². The number of hydrogen-bond acceptors (Lipinski definition) is 7. The molecule has 0 bridgehead atoms. The number of ether oxygens (including phenoxy) is 3. The molecule has 10 heteroatoms. The molecule has 5 rings (SSSR count). The fraction of sp³-hybridized carbons (Fsp3) is 0.219. The Morgan fingerprint density at radius 1 is 1.14 bits per heavy atom. The molecule has 2 heterocycles. The number of carbonyl (C=O) groups excluding carboxylic acids is 1. The molecule has 1 aliphatic rings. The van der Waals surface area contributed by atoms with E-state index in [4.69, 9.17) is 25.8 Å². The molecule has 1 aliphatic heterocycles. The quantitative estimate of drug-likeness (QED) is 0.248. The molecule has 1 atom stereocenters.